The minimum absolute atomic E-state index is 0.201. The molecule has 0 saturated carbocycles. The molecule has 21 heavy (non-hydrogen) atoms. The summed E-state index contributed by atoms with van der Waals surface area (Å²) in [6.07, 6.45) is 4.10. The van der Waals surface area contributed by atoms with Crippen LogP contribution < -0.4 is 4.74 Å². The van der Waals surface area contributed by atoms with Crippen molar-refractivity contribution < 1.29 is 9.13 Å². The molecule has 0 aromatic heterocycles. The maximum absolute atomic E-state index is 13.7. The lowest BCUT2D eigenvalue weighted by Crippen LogP contribution is -1.96. The van der Waals surface area contributed by atoms with Gasteiger partial charge < -0.3 is 4.74 Å². The van der Waals surface area contributed by atoms with Crippen molar-refractivity contribution in [3.8, 4) is 16.9 Å². The van der Waals surface area contributed by atoms with Crippen molar-refractivity contribution in [3.05, 3.63) is 53.3 Å². The zero-order valence-corrected chi connectivity index (χ0v) is 13.1. The van der Waals surface area contributed by atoms with Crippen molar-refractivity contribution in [2.75, 3.05) is 7.11 Å². The van der Waals surface area contributed by atoms with E-state index < -0.39 is 0 Å². The Morgan fingerprint density at radius 3 is 2.33 bits per heavy atom. The molecule has 112 valence electrons. The molecule has 2 aromatic carbocycles. The highest BCUT2D eigenvalue weighted by Crippen LogP contribution is 2.34. The van der Waals surface area contributed by atoms with Gasteiger partial charge in [0.25, 0.3) is 0 Å². The van der Waals surface area contributed by atoms with Gasteiger partial charge in [-0.05, 0) is 53.8 Å². The summed E-state index contributed by atoms with van der Waals surface area (Å²) < 4.78 is 19.2. The van der Waals surface area contributed by atoms with Gasteiger partial charge >= 0.3 is 0 Å². The Morgan fingerprint density at radius 2 is 1.67 bits per heavy atom. The minimum Gasteiger partial charge on any atom is -0.496 e. The highest BCUT2D eigenvalue weighted by molar-refractivity contribution is 5.74. The number of hydrogen-bond acceptors (Lipinski definition) is 1. The molecule has 0 aliphatic carbocycles. The molecule has 0 heterocycles. The van der Waals surface area contributed by atoms with Crippen molar-refractivity contribution in [1.29, 1.82) is 0 Å². The van der Waals surface area contributed by atoms with E-state index in [9.17, 15) is 4.39 Å². The first-order valence-electron chi connectivity index (χ1n) is 7.65. The molecule has 0 unspecified atom stereocenters. The molecule has 2 rings (SSSR count). The Morgan fingerprint density at radius 1 is 0.905 bits per heavy atom. The monoisotopic (exact) mass is 286 g/mol. The second-order valence-corrected chi connectivity index (χ2v) is 5.34. The van der Waals surface area contributed by atoms with Gasteiger partial charge in [-0.15, -0.1) is 0 Å². The molecule has 0 bridgehead atoms. The van der Waals surface area contributed by atoms with E-state index >= 15 is 0 Å². The first kappa shape index (κ1) is 15.6. The van der Waals surface area contributed by atoms with E-state index in [2.05, 4.69) is 26.0 Å². The number of hydrogen-bond donors (Lipinski definition) is 0. The predicted octanol–water partition coefficient (Wildman–Crippen LogP) is 5.41. The van der Waals surface area contributed by atoms with E-state index in [4.69, 9.17) is 4.74 Å². The van der Waals surface area contributed by atoms with Crippen LogP contribution in [-0.4, -0.2) is 7.11 Å². The van der Waals surface area contributed by atoms with Crippen LogP contribution in [0.2, 0.25) is 0 Å². The Bertz CT molecular complexity index is 605. The third-order valence-electron chi connectivity index (χ3n) is 3.68. The summed E-state index contributed by atoms with van der Waals surface area (Å²) in [7, 11) is 1.66. The van der Waals surface area contributed by atoms with Crippen LogP contribution in [0.15, 0.2) is 36.4 Å². The second kappa shape index (κ2) is 7.26. The fraction of sp³-hybridized carbons (Fsp3) is 0.368. The van der Waals surface area contributed by atoms with Gasteiger partial charge in [-0.2, -0.15) is 0 Å². The highest BCUT2D eigenvalue weighted by atomic mass is 19.1. The average Bonchev–Trinajstić information content (AvgIpc) is 2.49. The summed E-state index contributed by atoms with van der Waals surface area (Å²) in [5.74, 6) is 0.602. The van der Waals surface area contributed by atoms with Crippen LogP contribution in [0.25, 0.3) is 11.1 Å². The van der Waals surface area contributed by atoms with Crippen molar-refractivity contribution in [2.45, 2.75) is 39.5 Å². The van der Waals surface area contributed by atoms with Gasteiger partial charge in [0.05, 0.1) is 7.11 Å². The largest absolute Gasteiger partial charge is 0.496 e. The summed E-state index contributed by atoms with van der Waals surface area (Å²) in [5.41, 5.74) is 4.38. The van der Waals surface area contributed by atoms with Crippen LogP contribution in [0, 0.1) is 5.82 Å². The molecule has 0 aliphatic heterocycles. The maximum Gasteiger partial charge on any atom is 0.126 e. The lowest BCUT2D eigenvalue weighted by atomic mass is 9.94. The van der Waals surface area contributed by atoms with Gasteiger partial charge in [-0.25, -0.2) is 4.39 Å². The van der Waals surface area contributed by atoms with Crippen LogP contribution in [0.4, 0.5) is 4.39 Å². The smallest absolute Gasteiger partial charge is 0.126 e. The third-order valence-corrected chi connectivity index (χ3v) is 3.68. The molecule has 2 heteroatoms. The van der Waals surface area contributed by atoms with Crippen molar-refractivity contribution in [1.82, 2.24) is 0 Å². The zero-order valence-electron chi connectivity index (χ0n) is 13.1. The topological polar surface area (TPSA) is 9.23 Å². The SMILES string of the molecule is CCCc1ccc(OC)c(-c2cc(F)ccc2CCC)c1. The first-order chi connectivity index (χ1) is 10.2. The number of methoxy groups -OCH3 is 1. The molecule has 0 saturated heterocycles. The molecule has 0 atom stereocenters. The van der Waals surface area contributed by atoms with Crippen LogP contribution in [0.3, 0.4) is 0 Å². The van der Waals surface area contributed by atoms with Crippen molar-refractivity contribution >= 4 is 0 Å². The maximum atomic E-state index is 13.7. The van der Waals surface area contributed by atoms with E-state index in [0.717, 1.165) is 42.6 Å². The normalized spacial score (nSPS) is 10.7. The van der Waals surface area contributed by atoms with Gasteiger partial charge in [0.15, 0.2) is 0 Å². The van der Waals surface area contributed by atoms with Gasteiger partial charge in [-0.3, -0.25) is 0 Å². The molecule has 0 N–H and O–H groups in total. The van der Waals surface area contributed by atoms with Crippen molar-refractivity contribution in [2.24, 2.45) is 0 Å². The number of ether oxygens (including phenoxy) is 1. The highest BCUT2D eigenvalue weighted by Gasteiger charge is 2.12. The summed E-state index contributed by atoms with van der Waals surface area (Å²) in [6.45, 7) is 4.30. The predicted molar refractivity (Wildman–Crippen MR) is 86.4 cm³/mol. The number of halogens is 1. The standard InChI is InChI=1S/C19H23FO/c1-4-6-14-8-11-19(21-3)18(12-14)17-13-16(20)10-9-15(17)7-5-2/h8-13H,4-7H2,1-3H3. The van der Waals surface area contributed by atoms with Crippen molar-refractivity contribution in [3.63, 3.8) is 0 Å². The Hall–Kier alpha value is -1.83. The van der Waals surface area contributed by atoms with Crippen LogP contribution >= 0.6 is 0 Å². The Kier molecular flexibility index (Phi) is 5.38. The quantitative estimate of drug-likeness (QED) is 0.690. The molecular formula is C19H23FO. The summed E-state index contributed by atoms with van der Waals surface area (Å²) in [6, 6.07) is 11.3. The lowest BCUT2D eigenvalue weighted by Gasteiger charge is -2.14. The third kappa shape index (κ3) is 3.63. The minimum atomic E-state index is -0.201. The first-order valence-corrected chi connectivity index (χ1v) is 7.65. The fourth-order valence-corrected chi connectivity index (χ4v) is 2.70. The van der Waals surface area contributed by atoms with Gasteiger partial charge in [0.1, 0.15) is 11.6 Å². The van der Waals surface area contributed by atoms with E-state index in [-0.39, 0.29) is 5.82 Å². The molecule has 0 fully saturated rings. The van der Waals surface area contributed by atoms with E-state index in [0.29, 0.717) is 0 Å². The molecular weight excluding hydrogens is 263 g/mol. The molecule has 1 nitrogen and oxygen atoms in total. The van der Waals surface area contributed by atoms with Gasteiger partial charge in [-0.1, -0.05) is 38.8 Å². The summed E-state index contributed by atoms with van der Waals surface area (Å²) >= 11 is 0. The van der Waals surface area contributed by atoms with Gasteiger partial charge in [0, 0.05) is 5.56 Å². The average molecular weight is 286 g/mol. The van der Waals surface area contributed by atoms with E-state index in [1.807, 2.05) is 12.1 Å². The Labute approximate surface area is 126 Å². The number of rotatable bonds is 6. The summed E-state index contributed by atoms with van der Waals surface area (Å²) in [5, 5.41) is 0. The molecule has 0 radical (unpaired) electrons. The molecule has 2 aromatic rings. The zero-order chi connectivity index (χ0) is 15.2. The van der Waals surface area contributed by atoms with Crippen LogP contribution in [0.1, 0.15) is 37.8 Å². The fourth-order valence-electron chi connectivity index (χ4n) is 2.70. The summed E-state index contributed by atoms with van der Waals surface area (Å²) in [4.78, 5) is 0. The molecule has 0 spiro atoms. The number of benzene rings is 2. The van der Waals surface area contributed by atoms with Gasteiger partial charge in [0.2, 0.25) is 0 Å². The second-order valence-electron chi connectivity index (χ2n) is 5.34. The molecule has 0 aliphatic rings. The van der Waals surface area contributed by atoms with E-state index in [1.165, 1.54) is 17.2 Å². The lowest BCUT2D eigenvalue weighted by molar-refractivity contribution is 0.416. The van der Waals surface area contributed by atoms with Crippen LogP contribution in [0.5, 0.6) is 5.75 Å². The van der Waals surface area contributed by atoms with E-state index in [1.54, 1.807) is 13.2 Å². The molecule has 0 amide bonds. The van der Waals surface area contributed by atoms with Crippen LogP contribution in [-0.2, 0) is 12.8 Å². The Balaban J connectivity index is 2.58. The number of aryl methyl sites for hydroxylation is 2.